The van der Waals surface area contributed by atoms with Crippen LogP contribution in [0.15, 0.2) is 18.7 Å². The molecule has 24 heavy (non-hydrogen) atoms. The summed E-state index contributed by atoms with van der Waals surface area (Å²) in [6, 6.07) is 0. The number of unbranched alkanes of at least 4 members (excludes halogenated alkanes) is 1. The molecule has 0 atom stereocenters. The van der Waals surface area contributed by atoms with Crippen LogP contribution < -0.4 is 4.57 Å². The molecule has 0 saturated heterocycles. The zero-order valence-electron chi connectivity index (χ0n) is 14.8. The highest BCUT2D eigenvalue weighted by Crippen LogP contribution is 1.92. The molecule has 0 spiro atoms. The Morgan fingerprint density at radius 1 is 1.12 bits per heavy atom. The lowest BCUT2D eigenvalue weighted by Gasteiger charge is -2.07. The van der Waals surface area contributed by atoms with Gasteiger partial charge in [-0.25, -0.2) is 17.6 Å². The summed E-state index contributed by atoms with van der Waals surface area (Å²) in [7, 11) is -0.903. The van der Waals surface area contributed by atoms with Crippen LogP contribution in [0.25, 0.3) is 0 Å². The lowest BCUT2D eigenvalue weighted by atomic mass is 10.3. The summed E-state index contributed by atoms with van der Waals surface area (Å²) in [6.07, 6.45) is 9.99. The number of aromatic nitrogens is 2. The third-order valence-corrected chi connectivity index (χ3v) is 3.35. The van der Waals surface area contributed by atoms with Crippen molar-refractivity contribution in [3.05, 3.63) is 18.7 Å². The number of rotatable bonds is 12. The highest BCUT2D eigenvalue weighted by molar-refractivity contribution is 7.80. The first-order valence-electron chi connectivity index (χ1n) is 8.07. The number of hydrogen-bond donors (Lipinski definition) is 0. The van der Waals surface area contributed by atoms with Gasteiger partial charge >= 0.3 is 0 Å². The maximum atomic E-state index is 9.97. The maximum absolute atomic E-state index is 9.97. The summed E-state index contributed by atoms with van der Waals surface area (Å²) in [5.74, 6) is 0. The van der Waals surface area contributed by atoms with Gasteiger partial charge in [-0.15, -0.1) is 0 Å². The van der Waals surface area contributed by atoms with Gasteiger partial charge in [-0.3, -0.25) is 4.18 Å². The SMILES string of the molecule is CCCCn1cc[n+](C)c1.COCCCOCCCOS(=O)(=O)[O-]. The zero-order valence-corrected chi connectivity index (χ0v) is 15.7. The Bertz CT molecular complexity index is 504. The maximum Gasteiger partial charge on any atom is 0.243 e. The Labute approximate surface area is 145 Å². The fourth-order valence-corrected chi connectivity index (χ4v) is 2.03. The van der Waals surface area contributed by atoms with Crippen molar-refractivity contribution in [2.24, 2.45) is 7.05 Å². The minimum absolute atomic E-state index is 0.129. The standard InChI is InChI=1S/C8H15N2.C7H16O6S/c1-3-4-5-10-7-6-9(2)8-10;1-11-4-2-5-12-6-3-7-13-14(8,9)10/h6-8H,3-5H2,1-2H3;2-7H2,1H3,(H,8,9,10)/q+1;/p-1. The summed E-state index contributed by atoms with van der Waals surface area (Å²) in [6.45, 7) is 4.79. The van der Waals surface area contributed by atoms with E-state index in [9.17, 15) is 13.0 Å². The van der Waals surface area contributed by atoms with Crippen LogP contribution >= 0.6 is 0 Å². The van der Waals surface area contributed by atoms with Gasteiger partial charge in [0.1, 0.15) is 12.4 Å². The lowest BCUT2D eigenvalue weighted by Crippen LogP contribution is -2.23. The van der Waals surface area contributed by atoms with Gasteiger partial charge in [-0.05, 0) is 19.3 Å². The summed E-state index contributed by atoms with van der Waals surface area (Å²) < 4.78 is 48.0. The van der Waals surface area contributed by atoms with E-state index < -0.39 is 10.4 Å². The topological polar surface area (TPSA) is 93.7 Å². The summed E-state index contributed by atoms with van der Waals surface area (Å²) in [5, 5.41) is 0. The first-order valence-corrected chi connectivity index (χ1v) is 9.40. The van der Waals surface area contributed by atoms with Crippen LogP contribution in [-0.2, 0) is 37.6 Å². The third-order valence-electron chi connectivity index (χ3n) is 2.89. The lowest BCUT2D eigenvalue weighted by molar-refractivity contribution is -0.671. The Kier molecular flexibility index (Phi) is 13.8. The van der Waals surface area contributed by atoms with Gasteiger partial charge in [0.2, 0.25) is 16.7 Å². The predicted molar refractivity (Wildman–Crippen MR) is 88.1 cm³/mol. The Morgan fingerprint density at radius 3 is 2.29 bits per heavy atom. The number of hydrogen-bond acceptors (Lipinski definition) is 6. The molecule has 1 aromatic rings. The minimum Gasteiger partial charge on any atom is -0.726 e. The van der Waals surface area contributed by atoms with Gasteiger partial charge < -0.3 is 14.0 Å². The van der Waals surface area contributed by atoms with E-state index in [4.69, 9.17) is 9.47 Å². The van der Waals surface area contributed by atoms with Gasteiger partial charge in [0.15, 0.2) is 0 Å². The highest BCUT2D eigenvalue weighted by atomic mass is 32.3. The van der Waals surface area contributed by atoms with Crippen LogP contribution in [0.2, 0.25) is 0 Å². The van der Waals surface area contributed by atoms with Crippen LogP contribution in [0.1, 0.15) is 32.6 Å². The predicted octanol–water partition coefficient (Wildman–Crippen LogP) is 1.02. The summed E-state index contributed by atoms with van der Waals surface area (Å²) >= 11 is 0. The molecule has 0 bridgehead atoms. The Balaban J connectivity index is 0.000000463. The molecular weight excluding hydrogens is 336 g/mol. The summed E-state index contributed by atoms with van der Waals surface area (Å²) in [5.41, 5.74) is 0. The normalized spacial score (nSPS) is 11.2. The average Bonchev–Trinajstić information content (AvgIpc) is 2.93. The van der Waals surface area contributed by atoms with Crippen LogP contribution in [-0.4, -0.2) is 51.1 Å². The second-order valence-corrected chi connectivity index (χ2v) is 6.27. The van der Waals surface area contributed by atoms with Crippen LogP contribution in [0.5, 0.6) is 0 Å². The number of methoxy groups -OCH3 is 1. The van der Waals surface area contributed by atoms with E-state index in [1.807, 2.05) is 7.05 Å². The second-order valence-electron chi connectivity index (χ2n) is 5.21. The summed E-state index contributed by atoms with van der Waals surface area (Å²) in [4.78, 5) is 0. The quantitative estimate of drug-likeness (QED) is 0.237. The van der Waals surface area contributed by atoms with E-state index in [0.29, 0.717) is 26.2 Å². The number of imidazole rings is 1. The molecule has 1 aromatic heterocycles. The molecule has 0 unspecified atom stereocenters. The van der Waals surface area contributed by atoms with Gasteiger partial charge in [0, 0.05) is 26.9 Å². The number of nitrogens with zero attached hydrogens (tertiary/aromatic N) is 2. The van der Waals surface area contributed by atoms with Crippen LogP contribution in [0.4, 0.5) is 0 Å². The van der Waals surface area contributed by atoms with Gasteiger partial charge in [-0.1, -0.05) is 13.3 Å². The van der Waals surface area contributed by atoms with Crippen LogP contribution in [0.3, 0.4) is 0 Å². The first-order chi connectivity index (χ1) is 11.4. The molecule has 1 rings (SSSR count). The Morgan fingerprint density at radius 2 is 1.79 bits per heavy atom. The molecule has 8 nitrogen and oxygen atoms in total. The van der Waals surface area contributed by atoms with E-state index in [-0.39, 0.29) is 6.61 Å². The first kappa shape index (κ1) is 23.0. The highest BCUT2D eigenvalue weighted by Gasteiger charge is 1.96. The molecule has 142 valence electrons. The average molecular weight is 366 g/mol. The van der Waals surface area contributed by atoms with Crippen LogP contribution in [0, 0.1) is 0 Å². The molecule has 1 heterocycles. The van der Waals surface area contributed by atoms with Crippen molar-refractivity contribution in [2.45, 2.75) is 39.2 Å². The largest absolute Gasteiger partial charge is 0.726 e. The molecule has 0 saturated carbocycles. The van der Waals surface area contributed by atoms with E-state index in [0.717, 1.165) is 13.0 Å². The van der Waals surface area contributed by atoms with Crippen molar-refractivity contribution in [3.8, 4) is 0 Å². The van der Waals surface area contributed by atoms with Crippen molar-refractivity contribution in [1.82, 2.24) is 4.57 Å². The molecular formula is C15H30N2O6S. The van der Waals surface area contributed by atoms with E-state index >= 15 is 0 Å². The fraction of sp³-hybridized carbons (Fsp3) is 0.800. The van der Waals surface area contributed by atoms with E-state index in [1.165, 1.54) is 12.8 Å². The van der Waals surface area contributed by atoms with Crippen molar-refractivity contribution < 1.29 is 31.2 Å². The van der Waals surface area contributed by atoms with E-state index in [2.05, 4.69) is 39.0 Å². The van der Waals surface area contributed by atoms with Crippen molar-refractivity contribution in [1.29, 1.82) is 0 Å². The Hall–Kier alpha value is -1.00. The molecule has 0 aromatic carbocycles. The molecule has 0 fully saturated rings. The van der Waals surface area contributed by atoms with Crippen molar-refractivity contribution in [3.63, 3.8) is 0 Å². The fourth-order valence-electron chi connectivity index (χ4n) is 1.70. The third kappa shape index (κ3) is 15.9. The minimum atomic E-state index is -4.55. The molecule has 0 aliphatic rings. The molecule has 0 radical (unpaired) electrons. The number of ether oxygens (including phenoxy) is 2. The molecule has 0 aliphatic heterocycles. The van der Waals surface area contributed by atoms with E-state index in [1.54, 1.807) is 7.11 Å². The smallest absolute Gasteiger partial charge is 0.243 e. The van der Waals surface area contributed by atoms with Crippen molar-refractivity contribution >= 4 is 10.4 Å². The molecule has 9 heteroatoms. The monoisotopic (exact) mass is 366 g/mol. The number of aryl methyl sites for hydroxylation is 2. The van der Waals surface area contributed by atoms with Gasteiger partial charge in [-0.2, -0.15) is 0 Å². The molecule has 0 amide bonds. The van der Waals surface area contributed by atoms with Gasteiger partial charge in [0.05, 0.1) is 20.2 Å². The van der Waals surface area contributed by atoms with Gasteiger partial charge in [0.25, 0.3) is 0 Å². The molecule has 0 N–H and O–H groups in total. The zero-order chi connectivity index (χ0) is 18.3. The second kappa shape index (κ2) is 14.4. The molecule has 0 aliphatic carbocycles. The van der Waals surface area contributed by atoms with Crippen molar-refractivity contribution in [2.75, 3.05) is 33.5 Å².